The maximum atomic E-state index is 8.57. The lowest BCUT2D eigenvalue weighted by atomic mass is 9.80. The van der Waals surface area contributed by atoms with E-state index in [1.165, 1.54) is 11.1 Å². The van der Waals surface area contributed by atoms with Crippen molar-refractivity contribution >= 4 is 32.8 Å². The lowest BCUT2D eigenvalue weighted by Crippen LogP contribution is -2.31. The van der Waals surface area contributed by atoms with Crippen molar-refractivity contribution in [1.82, 2.24) is 14.1 Å². The van der Waals surface area contributed by atoms with Gasteiger partial charge >= 0.3 is 0 Å². The summed E-state index contributed by atoms with van der Waals surface area (Å²) in [6, 6.07) is 45.9. The van der Waals surface area contributed by atoms with Crippen molar-refractivity contribution in [2.75, 3.05) is 0 Å². The van der Waals surface area contributed by atoms with Gasteiger partial charge in [-0.25, -0.2) is 4.98 Å². The predicted octanol–water partition coefficient (Wildman–Crippen LogP) is 14.2. The van der Waals surface area contributed by atoms with Crippen LogP contribution in [0.25, 0.3) is 61.2 Å². The van der Waals surface area contributed by atoms with E-state index in [2.05, 4.69) is 167 Å². The van der Waals surface area contributed by atoms with E-state index in [4.69, 9.17) is 13.8 Å². The van der Waals surface area contributed by atoms with E-state index in [9.17, 15) is 0 Å². The highest BCUT2D eigenvalue weighted by Crippen LogP contribution is 2.38. The van der Waals surface area contributed by atoms with Crippen molar-refractivity contribution < 1.29 is 13.4 Å². The fraction of sp³-hybridized carbons (Fsp3) is 0.250. The van der Waals surface area contributed by atoms with Crippen LogP contribution >= 0.6 is 0 Å². The summed E-state index contributed by atoms with van der Waals surface area (Å²) < 4.78 is 38.8. The topological polar surface area (TPSA) is 35.9 Å². The molecule has 3 aromatic heterocycles. The van der Waals surface area contributed by atoms with Gasteiger partial charge < -0.3 is 4.74 Å². The zero-order valence-corrected chi connectivity index (χ0v) is 37.0. The molecule has 6 aromatic carbocycles. The molecule has 5 nitrogen and oxygen atoms in total. The molecule has 5 heteroatoms. The van der Waals surface area contributed by atoms with Gasteiger partial charge in [0.15, 0.2) is 0 Å². The molecule has 0 radical (unpaired) electrons. The zero-order valence-electron chi connectivity index (χ0n) is 40.0. The molecule has 0 aliphatic rings. The lowest BCUT2D eigenvalue weighted by Gasteiger charge is -2.26. The van der Waals surface area contributed by atoms with E-state index in [0.29, 0.717) is 28.4 Å². The van der Waals surface area contributed by atoms with Crippen LogP contribution in [-0.4, -0.2) is 14.1 Å². The molecular weight excluding hydrogens is 745 g/mol. The van der Waals surface area contributed by atoms with Crippen molar-refractivity contribution in [3.63, 3.8) is 0 Å². The summed E-state index contributed by atoms with van der Waals surface area (Å²) in [5.74, 6) is 2.05. The second-order valence-electron chi connectivity index (χ2n) is 19.5. The molecule has 0 atom stereocenters. The minimum absolute atomic E-state index is 0.0258. The zero-order chi connectivity index (χ0) is 45.5. The normalized spacial score (nSPS) is 13.4. The molecule has 0 saturated heterocycles. The number of benzene rings is 6. The second kappa shape index (κ2) is 14.6. The molecule has 306 valence electrons. The van der Waals surface area contributed by atoms with E-state index < -0.39 is 6.85 Å². The van der Waals surface area contributed by atoms with Gasteiger partial charge in [-0.3, -0.25) is 13.7 Å². The van der Waals surface area contributed by atoms with Gasteiger partial charge in [-0.15, -0.1) is 0 Å². The number of ether oxygens (including phenoxy) is 1. The van der Waals surface area contributed by atoms with Crippen molar-refractivity contribution in [2.45, 2.75) is 92.3 Å². The van der Waals surface area contributed by atoms with E-state index in [-0.39, 0.29) is 16.2 Å². The summed E-state index contributed by atoms with van der Waals surface area (Å²) >= 11 is 0. The van der Waals surface area contributed by atoms with Gasteiger partial charge in [0.05, 0.1) is 33.4 Å². The van der Waals surface area contributed by atoms with Gasteiger partial charge in [-0.2, -0.15) is 0 Å². The minimum Gasteiger partial charge on any atom is -0.458 e. The van der Waals surface area contributed by atoms with Crippen LogP contribution in [0, 0.1) is 20.1 Å². The number of hydrogen-bond donors (Lipinski definition) is 0. The molecule has 61 heavy (non-hydrogen) atoms. The van der Waals surface area contributed by atoms with Crippen molar-refractivity contribution in [2.24, 2.45) is 0 Å². The van der Waals surface area contributed by atoms with Crippen molar-refractivity contribution in [1.29, 1.82) is 0 Å². The fourth-order valence-corrected chi connectivity index (χ4v) is 8.43. The Bertz CT molecular complexity index is 3230. The minimum atomic E-state index is -2.30. The molecule has 0 fully saturated rings. The first-order valence-corrected chi connectivity index (χ1v) is 21.2. The molecule has 0 aliphatic carbocycles. The monoisotopic (exact) mass is 803 g/mol. The molecule has 0 unspecified atom stereocenters. The summed E-state index contributed by atoms with van der Waals surface area (Å²) in [5.41, 5.74) is 12.1. The Morgan fingerprint density at radius 1 is 0.590 bits per heavy atom. The number of aromatic nitrogens is 4. The number of aryl methyl sites for hydroxylation is 2. The third-order valence-electron chi connectivity index (χ3n) is 11.9. The SMILES string of the molecule is [2H]C([2H])([2H])c1cc(C(C)(C)C)cc(C)c1-c1ccnc(-n2c3ccccc3c3ccc(Oc4cccc(-n5[c-][n+](-c6cc(C(C)(C)C)cc(C(C)(C)C)c6)c6ccccc65)c4)cc32)c1. The molecule has 9 rings (SSSR count). The highest BCUT2D eigenvalue weighted by Gasteiger charge is 2.23. The smallest absolute Gasteiger partial charge is 0.269 e. The van der Waals surface area contributed by atoms with Crippen LogP contribution in [0.3, 0.4) is 0 Å². The first-order valence-electron chi connectivity index (χ1n) is 22.7. The number of para-hydroxylation sites is 3. The number of nitrogens with zero attached hydrogens (tertiary/aromatic N) is 4. The molecule has 3 heterocycles. The fourth-order valence-electron chi connectivity index (χ4n) is 8.43. The van der Waals surface area contributed by atoms with E-state index in [1.807, 2.05) is 55.5 Å². The molecule has 0 saturated carbocycles. The number of hydrogen-bond acceptors (Lipinski definition) is 2. The highest BCUT2D eigenvalue weighted by atomic mass is 16.5. The summed E-state index contributed by atoms with van der Waals surface area (Å²) in [5, 5.41) is 2.14. The molecule has 0 bridgehead atoms. The predicted molar refractivity (Wildman–Crippen MR) is 253 cm³/mol. The summed E-state index contributed by atoms with van der Waals surface area (Å²) in [6.07, 6.45) is 5.48. The van der Waals surface area contributed by atoms with E-state index in [0.717, 1.165) is 60.9 Å². The largest absolute Gasteiger partial charge is 0.458 e. The summed E-state index contributed by atoms with van der Waals surface area (Å²) in [7, 11) is 0. The van der Waals surface area contributed by atoms with E-state index in [1.54, 1.807) is 6.20 Å². The van der Waals surface area contributed by atoms with Crippen LogP contribution in [0.1, 0.15) is 94.2 Å². The van der Waals surface area contributed by atoms with Gasteiger partial charge in [0, 0.05) is 27.1 Å². The average Bonchev–Trinajstić information content (AvgIpc) is 3.78. The van der Waals surface area contributed by atoms with Crippen LogP contribution < -0.4 is 9.30 Å². The average molecular weight is 804 g/mol. The second-order valence-corrected chi connectivity index (χ2v) is 19.5. The number of pyridine rings is 1. The Hall–Kier alpha value is -6.46. The summed E-state index contributed by atoms with van der Waals surface area (Å²) in [4.78, 5) is 4.90. The Morgan fingerprint density at radius 3 is 1.95 bits per heavy atom. The highest BCUT2D eigenvalue weighted by molar-refractivity contribution is 6.09. The van der Waals surface area contributed by atoms with Gasteiger partial charge in [0.2, 0.25) is 0 Å². The third-order valence-corrected chi connectivity index (χ3v) is 11.9. The van der Waals surface area contributed by atoms with Crippen LogP contribution in [0.15, 0.2) is 140 Å². The molecule has 0 N–H and O–H groups in total. The third kappa shape index (κ3) is 7.41. The van der Waals surface area contributed by atoms with Crippen LogP contribution in [0.2, 0.25) is 0 Å². The standard InChI is InChI=1S/C56H56N4O/c1-36-27-39(54(3,4)5)28-37(2)53(36)38-25-26-57-52(29-38)60-48-20-13-12-19-46(48)47-24-23-45(34-51(47)60)61-44-18-16-17-42(33-44)58-35-59(50-22-15-14-21-49(50)58)43-31-40(55(6,7)8)30-41(32-43)56(9,10)11/h12-34H,1-11H3/i1D3. The molecular formula is C56H56N4O. The van der Waals surface area contributed by atoms with Crippen LogP contribution in [0.5, 0.6) is 11.5 Å². The van der Waals surface area contributed by atoms with E-state index >= 15 is 0 Å². The maximum Gasteiger partial charge on any atom is 0.269 e. The molecule has 0 amide bonds. The number of rotatable bonds is 6. The summed E-state index contributed by atoms with van der Waals surface area (Å²) in [6.45, 7) is 19.6. The lowest BCUT2D eigenvalue weighted by molar-refractivity contribution is -0.572. The Labute approximate surface area is 365 Å². The Balaban J connectivity index is 1.12. The van der Waals surface area contributed by atoms with Gasteiger partial charge in [-0.05, 0) is 130 Å². The van der Waals surface area contributed by atoms with Gasteiger partial charge in [-0.1, -0.05) is 129 Å². The van der Waals surface area contributed by atoms with Gasteiger partial charge in [0.25, 0.3) is 6.33 Å². The maximum absolute atomic E-state index is 8.57. The molecule has 9 aromatic rings. The van der Waals surface area contributed by atoms with Crippen molar-refractivity contribution in [3.8, 4) is 39.8 Å². The molecule has 0 spiro atoms. The molecule has 0 aliphatic heterocycles. The number of imidazole rings is 1. The van der Waals surface area contributed by atoms with Crippen LogP contribution in [-0.2, 0) is 16.2 Å². The Kier molecular flexibility index (Phi) is 8.72. The first kappa shape index (κ1) is 36.4. The first-order chi connectivity index (χ1) is 30.1. The van der Waals surface area contributed by atoms with Crippen LogP contribution in [0.4, 0.5) is 0 Å². The van der Waals surface area contributed by atoms with Gasteiger partial charge in [0.1, 0.15) is 17.3 Å². The quantitative estimate of drug-likeness (QED) is 0.124. The Morgan fingerprint density at radius 2 is 1.23 bits per heavy atom. The number of fused-ring (bicyclic) bond motifs is 4. The van der Waals surface area contributed by atoms with Crippen molar-refractivity contribution in [3.05, 3.63) is 174 Å².